The Morgan fingerprint density at radius 1 is 1.25 bits per heavy atom. The van der Waals surface area contributed by atoms with Crippen LogP contribution in [-0.2, 0) is 22.6 Å². The molecule has 1 unspecified atom stereocenters. The lowest BCUT2D eigenvalue weighted by molar-refractivity contribution is -0.138. The van der Waals surface area contributed by atoms with E-state index in [1.807, 2.05) is 49.3 Å². The van der Waals surface area contributed by atoms with Crippen molar-refractivity contribution in [2.24, 2.45) is 0 Å². The fraction of sp³-hybridized carbons (Fsp3) is 0.400. The number of carbonyl (C=O) groups is 2. The van der Waals surface area contributed by atoms with Crippen LogP contribution in [0.3, 0.4) is 0 Å². The maximum absolute atomic E-state index is 12.7. The van der Waals surface area contributed by atoms with Gasteiger partial charge in [0.25, 0.3) is 0 Å². The zero-order chi connectivity index (χ0) is 20.3. The van der Waals surface area contributed by atoms with E-state index in [-0.39, 0.29) is 11.8 Å². The molecule has 1 aromatic carbocycles. The van der Waals surface area contributed by atoms with Crippen LogP contribution in [0.4, 0.5) is 5.82 Å². The van der Waals surface area contributed by atoms with Crippen LogP contribution >= 0.6 is 0 Å². The summed E-state index contributed by atoms with van der Waals surface area (Å²) >= 11 is 0. The van der Waals surface area contributed by atoms with Crippen LogP contribution in [0.5, 0.6) is 0 Å². The van der Waals surface area contributed by atoms with Gasteiger partial charge in [0.1, 0.15) is 11.9 Å². The Balaban J connectivity index is 1.94. The summed E-state index contributed by atoms with van der Waals surface area (Å²) in [5, 5.41) is 12.0. The first-order valence-corrected chi connectivity index (χ1v) is 9.20. The zero-order valence-corrected chi connectivity index (χ0v) is 16.3. The molecular weight excluding hydrogens is 358 g/mol. The fourth-order valence-corrected chi connectivity index (χ4v) is 3.34. The largest absolute Gasteiger partial charge is 0.394 e. The number of hydrogen-bond donors (Lipinski definition) is 2. The third kappa shape index (κ3) is 4.12. The number of amides is 2. The third-order valence-corrected chi connectivity index (χ3v) is 4.67. The summed E-state index contributed by atoms with van der Waals surface area (Å²) in [5.74, 6) is 0.789. The van der Waals surface area contributed by atoms with E-state index in [4.69, 9.17) is 9.97 Å². The molecule has 1 atom stereocenters. The summed E-state index contributed by atoms with van der Waals surface area (Å²) in [5.41, 5.74) is 2.72. The van der Waals surface area contributed by atoms with Crippen molar-refractivity contribution in [2.75, 3.05) is 32.1 Å². The van der Waals surface area contributed by atoms with Crippen LogP contribution in [0.15, 0.2) is 30.3 Å². The number of aromatic nitrogens is 2. The Bertz CT molecular complexity index is 870. The highest BCUT2D eigenvalue weighted by atomic mass is 16.3. The Labute approximate surface area is 164 Å². The first kappa shape index (κ1) is 19.8. The number of hydrogen-bond acceptors (Lipinski definition) is 6. The van der Waals surface area contributed by atoms with Gasteiger partial charge in [0.15, 0.2) is 5.82 Å². The van der Waals surface area contributed by atoms with Crippen LogP contribution in [0, 0.1) is 0 Å². The highest BCUT2D eigenvalue weighted by Gasteiger charge is 2.30. The fourth-order valence-electron chi connectivity index (χ4n) is 3.34. The zero-order valence-electron chi connectivity index (χ0n) is 16.3. The molecule has 1 aliphatic rings. The smallest absolute Gasteiger partial charge is 0.247 e. The molecule has 2 amide bonds. The summed E-state index contributed by atoms with van der Waals surface area (Å²) < 4.78 is 0. The predicted molar refractivity (Wildman–Crippen MR) is 106 cm³/mol. The monoisotopic (exact) mass is 383 g/mol. The van der Waals surface area contributed by atoms with Gasteiger partial charge in [0.2, 0.25) is 11.8 Å². The van der Waals surface area contributed by atoms with Crippen LogP contribution in [-0.4, -0.2) is 65.1 Å². The van der Waals surface area contributed by atoms with Gasteiger partial charge >= 0.3 is 0 Å². The highest BCUT2D eigenvalue weighted by molar-refractivity contribution is 5.87. The molecule has 28 heavy (non-hydrogen) atoms. The lowest BCUT2D eigenvalue weighted by Gasteiger charge is -2.32. The number of aliphatic hydroxyl groups is 1. The quantitative estimate of drug-likeness (QED) is 0.784. The molecule has 0 spiro atoms. The van der Waals surface area contributed by atoms with E-state index in [0.29, 0.717) is 25.3 Å². The topological polar surface area (TPSA) is 98.7 Å². The first-order chi connectivity index (χ1) is 13.4. The van der Waals surface area contributed by atoms with Crippen molar-refractivity contribution in [2.45, 2.75) is 25.9 Å². The SMILES string of the molecule is CC(=O)NC(CO)C(=O)N1CCc2c(nc(-c3ccccc3)nc2N(C)C)C1. The number of anilines is 1. The van der Waals surface area contributed by atoms with E-state index >= 15 is 0 Å². The molecule has 0 saturated carbocycles. The third-order valence-electron chi connectivity index (χ3n) is 4.67. The second-order valence-electron chi connectivity index (χ2n) is 7.00. The van der Waals surface area contributed by atoms with Crippen LogP contribution in [0.2, 0.25) is 0 Å². The van der Waals surface area contributed by atoms with Crippen molar-refractivity contribution in [1.82, 2.24) is 20.2 Å². The molecule has 0 saturated heterocycles. The minimum atomic E-state index is -0.942. The van der Waals surface area contributed by atoms with Crippen molar-refractivity contribution in [3.05, 3.63) is 41.6 Å². The second kappa shape index (κ2) is 8.35. The average Bonchev–Trinajstić information content (AvgIpc) is 2.70. The molecule has 0 aliphatic carbocycles. The van der Waals surface area contributed by atoms with Crippen molar-refractivity contribution in [1.29, 1.82) is 0 Å². The molecule has 1 aliphatic heterocycles. The Hall–Kier alpha value is -3.00. The molecule has 8 heteroatoms. The molecule has 0 fully saturated rings. The standard InChI is InChI=1S/C20H25N5O3/c1-13(27)21-17(12-26)20(28)25-10-9-15-16(11-25)22-18(23-19(15)24(2)3)14-7-5-4-6-8-14/h4-8,17,26H,9-12H2,1-3H3,(H,21,27). The highest BCUT2D eigenvalue weighted by Crippen LogP contribution is 2.28. The lowest BCUT2D eigenvalue weighted by atomic mass is 10.0. The summed E-state index contributed by atoms with van der Waals surface area (Å²) in [6.07, 6.45) is 0.613. The van der Waals surface area contributed by atoms with E-state index in [1.165, 1.54) is 6.92 Å². The van der Waals surface area contributed by atoms with Gasteiger partial charge in [-0.3, -0.25) is 9.59 Å². The molecule has 2 aromatic rings. The molecule has 2 N–H and O–H groups in total. The Kier molecular flexibility index (Phi) is 5.89. The van der Waals surface area contributed by atoms with E-state index in [1.54, 1.807) is 4.90 Å². The Morgan fingerprint density at radius 2 is 1.96 bits per heavy atom. The van der Waals surface area contributed by atoms with Gasteiger partial charge in [-0.15, -0.1) is 0 Å². The minimum absolute atomic E-state index is 0.311. The van der Waals surface area contributed by atoms with E-state index in [0.717, 1.165) is 22.6 Å². The molecular formula is C20H25N5O3. The molecule has 1 aromatic heterocycles. The summed E-state index contributed by atoms with van der Waals surface area (Å²) in [7, 11) is 3.88. The van der Waals surface area contributed by atoms with Gasteiger partial charge < -0.3 is 20.2 Å². The number of benzene rings is 1. The van der Waals surface area contributed by atoms with Gasteiger partial charge in [-0.2, -0.15) is 0 Å². The number of carbonyl (C=O) groups excluding carboxylic acids is 2. The average molecular weight is 383 g/mol. The Morgan fingerprint density at radius 3 is 2.57 bits per heavy atom. The molecule has 0 radical (unpaired) electrons. The molecule has 3 rings (SSSR count). The normalized spacial score (nSPS) is 14.2. The lowest BCUT2D eigenvalue weighted by Crippen LogP contribution is -2.51. The minimum Gasteiger partial charge on any atom is -0.394 e. The maximum atomic E-state index is 12.7. The summed E-state index contributed by atoms with van der Waals surface area (Å²) in [6.45, 7) is 1.68. The van der Waals surface area contributed by atoms with E-state index in [9.17, 15) is 14.7 Å². The number of aliphatic hydroxyl groups excluding tert-OH is 1. The van der Waals surface area contributed by atoms with Crippen molar-refractivity contribution < 1.29 is 14.7 Å². The van der Waals surface area contributed by atoms with Crippen LogP contribution in [0.25, 0.3) is 11.4 Å². The van der Waals surface area contributed by atoms with E-state index < -0.39 is 12.6 Å². The van der Waals surface area contributed by atoms with Crippen molar-refractivity contribution in [3.8, 4) is 11.4 Å². The van der Waals surface area contributed by atoms with E-state index in [2.05, 4.69) is 5.32 Å². The van der Waals surface area contributed by atoms with Gasteiger partial charge in [-0.05, 0) is 6.42 Å². The van der Waals surface area contributed by atoms with Gasteiger partial charge in [0.05, 0.1) is 18.8 Å². The number of nitrogens with one attached hydrogen (secondary N) is 1. The van der Waals surface area contributed by atoms with Crippen molar-refractivity contribution in [3.63, 3.8) is 0 Å². The summed E-state index contributed by atoms with van der Waals surface area (Å²) in [4.78, 5) is 37.1. The molecule has 2 heterocycles. The maximum Gasteiger partial charge on any atom is 0.247 e. The van der Waals surface area contributed by atoms with Gasteiger partial charge in [0, 0.05) is 38.7 Å². The van der Waals surface area contributed by atoms with Crippen molar-refractivity contribution >= 4 is 17.6 Å². The van der Waals surface area contributed by atoms with Gasteiger partial charge in [-0.25, -0.2) is 9.97 Å². The summed E-state index contributed by atoms with van der Waals surface area (Å²) in [6, 6.07) is 8.76. The van der Waals surface area contributed by atoms with Gasteiger partial charge in [-0.1, -0.05) is 30.3 Å². The molecule has 148 valence electrons. The number of fused-ring (bicyclic) bond motifs is 1. The van der Waals surface area contributed by atoms with Crippen LogP contribution in [0.1, 0.15) is 18.2 Å². The molecule has 8 nitrogen and oxygen atoms in total. The first-order valence-electron chi connectivity index (χ1n) is 9.20. The number of nitrogens with zero attached hydrogens (tertiary/aromatic N) is 4. The second-order valence-corrected chi connectivity index (χ2v) is 7.00. The predicted octanol–water partition coefficient (Wildman–Crippen LogP) is 0.591. The molecule has 0 bridgehead atoms. The number of rotatable bonds is 5. The van der Waals surface area contributed by atoms with Crippen LogP contribution < -0.4 is 10.2 Å².